The van der Waals surface area contributed by atoms with E-state index in [0.717, 1.165) is 36.5 Å². The van der Waals surface area contributed by atoms with Crippen LogP contribution in [0.3, 0.4) is 0 Å². The van der Waals surface area contributed by atoms with Crippen molar-refractivity contribution in [2.24, 2.45) is 0 Å². The summed E-state index contributed by atoms with van der Waals surface area (Å²) in [7, 11) is 0. The number of rotatable bonds is 7. The SMILES string of the molecule is CCN(Cc1ccc2c(c1)OCO2)C(=O)[C@H](C)OC[C@H]1CCCCO1. The van der Waals surface area contributed by atoms with Gasteiger partial charge in [-0.2, -0.15) is 0 Å². The molecule has 1 aromatic rings. The molecule has 1 amide bonds. The van der Waals surface area contributed by atoms with Crippen molar-refractivity contribution >= 4 is 5.91 Å². The van der Waals surface area contributed by atoms with E-state index in [-0.39, 0.29) is 18.8 Å². The summed E-state index contributed by atoms with van der Waals surface area (Å²) in [5, 5.41) is 0. The Balaban J connectivity index is 1.53. The maximum Gasteiger partial charge on any atom is 0.251 e. The minimum atomic E-state index is -0.473. The molecule has 0 bridgehead atoms. The van der Waals surface area contributed by atoms with Crippen LogP contribution < -0.4 is 9.47 Å². The maximum absolute atomic E-state index is 12.7. The van der Waals surface area contributed by atoms with Crippen LogP contribution in [0.1, 0.15) is 38.7 Å². The Morgan fingerprint density at radius 3 is 2.92 bits per heavy atom. The highest BCUT2D eigenvalue weighted by atomic mass is 16.7. The number of likely N-dealkylation sites (N-methyl/N-ethyl adjacent to an activating group) is 1. The average molecular weight is 349 g/mol. The molecule has 25 heavy (non-hydrogen) atoms. The molecule has 0 aromatic heterocycles. The quantitative estimate of drug-likeness (QED) is 0.758. The Kier molecular flexibility index (Phi) is 6.15. The summed E-state index contributed by atoms with van der Waals surface area (Å²) in [6.45, 7) is 6.47. The van der Waals surface area contributed by atoms with E-state index in [1.54, 1.807) is 4.90 Å². The minimum absolute atomic E-state index is 0.00373. The van der Waals surface area contributed by atoms with E-state index in [2.05, 4.69) is 0 Å². The molecule has 2 heterocycles. The third-order valence-electron chi connectivity index (χ3n) is 4.66. The molecule has 6 nitrogen and oxygen atoms in total. The zero-order chi connectivity index (χ0) is 17.6. The molecule has 0 saturated carbocycles. The summed E-state index contributed by atoms with van der Waals surface area (Å²) < 4.78 is 22.2. The fourth-order valence-corrected chi connectivity index (χ4v) is 3.12. The highest BCUT2D eigenvalue weighted by Crippen LogP contribution is 2.32. The smallest absolute Gasteiger partial charge is 0.251 e. The van der Waals surface area contributed by atoms with Crippen molar-refractivity contribution in [1.82, 2.24) is 4.90 Å². The molecule has 0 aliphatic carbocycles. The van der Waals surface area contributed by atoms with Gasteiger partial charge in [0, 0.05) is 19.7 Å². The van der Waals surface area contributed by atoms with Gasteiger partial charge in [0.2, 0.25) is 6.79 Å². The van der Waals surface area contributed by atoms with Gasteiger partial charge in [0.25, 0.3) is 5.91 Å². The predicted octanol–water partition coefficient (Wildman–Crippen LogP) is 2.74. The fourth-order valence-electron chi connectivity index (χ4n) is 3.12. The first-order valence-electron chi connectivity index (χ1n) is 9.08. The van der Waals surface area contributed by atoms with E-state index in [1.165, 1.54) is 6.42 Å². The molecule has 2 atom stereocenters. The van der Waals surface area contributed by atoms with Crippen molar-refractivity contribution in [3.05, 3.63) is 23.8 Å². The van der Waals surface area contributed by atoms with Crippen LogP contribution in [0.4, 0.5) is 0 Å². The van der Waals surface area contributed by atoms with Gasteiger partial charge in [0.05, 0.1) is 12.7 Å². The molecule has 2 aliphatic heterocycles. The molecule has 1 fully saturated rings. The number of hydrogen-bond acceptors (Lipinski definition) is 5. The van der Waals surface area contributed by atoms with Crippen molar-refractivity contribution in [3.63, 3.8) is 0 Å². The van der Waals surface area contributed by atoms with Gasteiger partial charge in [-0.25, -0.2) is 0 Å². The minimum Gasteiger partial charge on any atom is -0.454 e. The van der Waals surface area contributed by atoms with Crippen LogP contribution >= 0.6 is 0 Å². The van der Waals surface area contributed by atoms with Gasteiger partial charge in [-0.1, -0.05) is 6.07 Å². The van der Waals surface area contributed by atoms with Crippen LogP contribution in [0, 0.1) is 0 Å². The summed E-state index contributed by atoms with van der Waals surface area (Å²) in [6.07, 6.45) is 2.94. The molecular weight excluding hydrogens is 322 g/mol. The monoisotopic (exact) mass is 349 g/mol. The molecule has 3 rings (SSSR count). The number of fused-ring (bicyclic) bond motifs is 1. The van der Waals surface area contributed by atoms with E-state index < -0.39 is 6.10 Å². The number of hydrogen-bond donors (Lipinski definition) is 0. The molecule has 0 N–H and O–H groups in total. The summed E-state index contributed by atoms with van der Waals surface area (Å²) in [5.74, 6) is 1.48. The Morgan fingerprint density at radius 2 is 2.16 bits per heavy atom. The van der Waals surface area contributed by atoms with Gasteiger partial charge < -0.3 is 23.8 Å². The molecule has 1 aromatic carbocycles. The van der Waals surface area contributed by atoms with Crippen molar-refractivity contribution in [2.45, 2.75) is 51.9 Å². The first-order valence-corrected chi connectivity index (χ1v) is 9.08. The zero-order valence-corrected chi connectivity index (χ0v) is 15.0. The van der Waals surface area contributed by atoms with Crippen LogP contribution in [0.5, 0.6) is 11.5 Å². The Hall–Kier alpha value is -1.79. The normalized spacial score (nSPS) is 20.3. The number of amides is 1. The van der Waals surface area contributed by atoms with Crippen molar-refractivity contribution < 1.29 is 23.7 Å². The first kappa shape index (κ1) is 18.0. The number of benzene rings is 1. The lowest BCUT2D eigenvalue weighted by Gasteiger charge is -2.27. The lowest BCUT2D eigenvalue weighted by molar-refractivity contribution is -0.146. The molecule has 1 saturated heterocycles. The Morgan fingerprint density at radius 1 is 1.32 bits per heavy atom. The predicted molar refractivity (Wildman–Crippen MR) is 92.7 cm³/mol. The average Bonchev–Trinajstić information content (AvgIpc) is 3.12. The highest BCUT2D eigenvalue weighted by Gasteiger charge is 2.23. The third-order valence-corrected chi connectivity index (χ3v) is 4.66. The van der Waals surface area contributed by atoms with Crippen LogP contribution in [-0.2, 0) is 20.8 Å². The molecule has 0 unspecified atom stereocenters. The fraction of sp³-hybridized carbons (Fsp3) is 0.632. The first-order chi connectivity index (χ1) is 12.2. The van der Waals surface area contributed by atoms with Gasteiger partial charge in [0.1, 0.15) is 6.10 Å². The highest BCUT2D eigenvalue weighted by molar-refractivity contribution is 5.80. The lowest BCUT2D eigenvalue weighted by Crippen LogP contribution is -2.40. The van der Waals surface area contributed by atoms with Gasteiger partial charge in [-0.3, -0.25) is 4.79 Å². The van der Waals surface area contributed by atoms with Crippen LogP contribution in [-0.4, -0.2) is 49.6 Å². The van der Waals surface area contributed by atoms with E-state index >= 15 is 0 Å². The number of carbonyl (C=O) groups excluding carboxylic acids is 1. The molecular formula is C19H27NO5. The van der Waals surface area contributed by atoms with E-state index in [9.17, 15) is 4.79 Å². The molecule has 2 aliphatic rings. The van der Waals surface area contributed by atoms with Crippen LogP contribution in [0.2, 0.25) is 0 Å². The summed E-state index contributed by atoms with van der Waals surface area (Å²) in [5.41, 5.74) is 1.02. The Bertz CT molecular complexity index is 585. The van der Waals surface area contributed by atoms with E-state index in [0.29, 0.717) is 19.7 Å². The largest absolute Gasteiger partial charge is 0.454 e. The number of carbonyl (C=O) groups is 1. The summed E-state index contributed by atoms with van der Waals surface area (Å²) in [6, 6.07) is 5.78. The molecule has 0 spiro atoms. The molecule has 0 radical (unpaired) electrons. The standard InChI is InChI=1S/C19H27NO5/c1-3-20(11-15-7-8-17-18(10-15)25-13-24-17)19(21)14(2)23-12-16-6-4-5-9-22-16/h7-8,10,14,16H,3-6,9,11-13H2,1-2H3/t14-,16+/m0/s1. The van der Waals surface area contributed by atoms with Crippen molar-refractivity contribution in [1.29, 1.82) is 0 Å². The third kappa shape index (κ3) is 4.64. The summed E-state index contributed by atoms with van der Waals surface area (Å²) >= 11 is 0. The molecule has 6 heteroatoms. The van der Waals surface area contributed by atoms with E-state index in [4.69, 9.17) is 18.9 Å². The topological polar surface area (TPSA) is 57.2 Å². The zero-order valence-electron chi connectivity index (χ0n) is 15.0. The Labute approximate surface area is 149 Å². The van der Waals surface area contributed by atoms with Gasteiger partial charge in [-0.15, -0.1) is 0 Å². The van der Waals surface area contributed by atoms with Crippen molar-refractivity contribution in [3.8, 4) is 11.5 Å². The second-order valence-electron chi connectivity index (χ2n) is 6.50. The second kappa shape index (κ2) is 8.54. The van der Waals surface area contributed by atoms with Gasteiger partial charge in [0.15, 0.2) is 11.5 Å². The summed E-state index contributed by atoms with van der Waals surface area (Å²) in [4.78, 5) is 14.5. The van der Waals surface area contributed by atoms with Crippen LogP contribution in [0.15, 0.2) is 18.2 Å². The number of ether oxygens (including phenoxy) is 4. The van der Waals surface area contributed by atoms with Crippen molar-refractivity contribution in [2.75, 3.05) is 26.6 Å². The second-order valence-corrected chi connectivity index (χ2v) is 6.50. The van der Waals surface area contributed by atoms with Gasteiger partial charge in [-0.05, 0) is 50.8 Å². The molecule has 138 valence electrons. The van der Waals surface area contributed by atoms with Gasteiger partial charge >= 0.3 is 0 Å². The number of nitrogens with zero attached hydrogens (tertiary/aromatic N) is 1. The lowest BCUT2D eigenvalue weighted by atomic mass is 10.1. The van der Waals surface area contributed by atoms with E-state index in [1.807, 2.05) is 32.0 Å². The van der Waals surface area contributed by atoms with Crippen LogP contribution in [0.25, 0.3) is 0 Å². The maximum atomic E-state index is 12.7.